The third kappa shape index (κ3) is 4.81. The summed E-state index contributed by atoms with van der Waals surface area (Å²) in [6.07, 6.45) is 1.32. The fourth-order valence-electron chi connectivity index (χ4n) is 3.46. The molecule has 0 unspecified atom stereocenters. The molecule has 1 aliphatic heterocycles. The first-order valence-electron chi connectivity index (χ1n) is 9.62. The Balaban J connectivity index is 1.70. The van der Waals surface area contributed by atoms with Crippen LogP contribution >= 0.6 is 0 Å². The van der Waals surface area contributed by atoms with Crippen LogP contribution in [0.25, 0.3) is 11.1 Å². The summed E-state index contributed by atoms with van der Waals surface area (Å²) in [5.41, 5.74) is 9.95. The van der Waals surface area contributed by atoms with Gasteiger partial charge in [0.2, 0.25) is 5.91 Å². The van der Waals surface area contributed by atoms with Crippen molar-refractivity contribution < 1.29 is 9.53 Å². The topological polar surface area (TPSA) is 112 Å². The van der Waals surface area contributed by atoms with Gasteiger partial charge in [0, 0.05) is 19.6 Å². The van der Waals surface area contributed by atoms with E-state index in [0.29, 0.717) is 38.0 Å². The van der Waals surface area contributed by atoms with E-state index >= 15 is 0 Å². The highest BCUT2D eigenvalue weighted by Crippen LogP contribution is 2.24. The summed E-state index contributed by atoms with van der Waals surface area (Å²) >= 11 is 0. The van der Waals surface area contributed by atoms with Crippen LogP contribution in [-0.2, 0) is 16.0 Å². The first-order chi connectivity index (χ1) is 13.9. The van der Waals surface area contributed by atoms with Crippen LogP contribution < -0.4 is 11.1 Å². The molecule has 6 nitrogen and oxygen atoms in total. The molecule has 6 heteroatoms. The highest BCUT2D eigenvalue weighted by Gasteiger charge is 2.36. The quantitative estimate of drug-likeness (QED) is 0.818. The maximum absolute atomic E-state index is 12.6. The number of ether oxygens (including phenoxy) is 1. The summed E-state index contributed by atoms with van der Waals surface area (Å²) in [5, 5.41) is 21.3. The van der Waals surface area contributed by atoms with Crippen molar-refractivity contribution in [2.45, 2.75) is 37.8 Å². The fraction of sp³-hybridized carbons (Fsp3) is 0.348. The number of nitrogens with zero attached hydrogens (tertiary/aromatic N) is 2. The molecule has 29 heavy (non-hydrogen) atoms. The second-order valence-corrected chi connectivity index (χ2v) is 7.46. The third-order valence-corrected chi connectivity index (χ3v) is 5.41. The van der Waals surface area contributed by atoms with E-state index in [1.165, 1.54) is 0 Å². The number of nitriles is 2. The summed E-state index contributed by atoms with van der Waals surface area (Å²) < 4.78 is 5.28. The number of rotatable bonds is 5. The lowest BCUT2D eigenvalue weighted by Crippen LogP contribution is -2.58. The molecule has 2 aromatic carbocycles. The SMILES string of the molecule is Cc1cc(-c2ccc(C#N)cc2)ccc1C[C@@H](C#N)NC(=O)C1(N)CCOCC1. The Morgan fingerprint density at radius 1 is 1.17 bits per heavy atom. The van der Waals surface area contributed by atoms with Crippen LogP contribution in [0.4, 0.5) is 0 Å². The highest BCUT2D eigenvalue weighted by atomic mass is 16.5. The largest absolute Gasteiger partial charge is 0.381 e. The van der Waals surface area contributed by atoms with Gasteiger partial charge in [-0.2, -0.15) is 10.5 Å². The van der Waals surface area contributed by atoms with E-state index in [-0.39, 0.29) is 5.91 Å². The molecule has 3 rings (SSSR count). The molecule has 1 fully saturated rings. The summed E-state index contributed by atoms with van der Waals surface area (Å²) in [7, 11) is 0. The molecule has 1 aliphatic rings. The van der Waals surface area contributed by atoms with Crippen LogP contribution in [0.3, 0.4) is 0 Å². The van der Waals surface area contributed by atoms with Gasteiger partial charge in [0.05, 0.1) is 23.2 Å². The highest BCUT2D eigenvalue weighted by molar-refractivity contribution is 5.86. The van der Waals surface area contributed by atoms with Gasteiger partial charge < -0.3 is 15.8 Å². The number of amides is 1. The number of benzene rings is 2. The minimum Gasteiger partial charge on any atom is -0.381 e. The molecule has 2 aromatic rings. The van der Waals surface area contributed by atoms with Crippen LogP contribution in [0.5, 0.6) is 0 Å². The minimum absolute atomic E-state index is 0.292. The van der Waals surface area contributed by atoms with Gasteiger partial charge in [-0.25, -0.2) is 0 Å². The molecule has 0 bridgehead atoms. The normalized spacial score (nSPS) is 16.3. The van der Waals surface area contributed by atoms with Gasteiger partial charge in [-0.3, -0.25) is 4.79 Å². The number of hydrogen-bond donors (Lipinski definition) is 2. The Bertz CT molecular complexity index is 964. The van der Waals surface area contributed by atoms with Crippen molar-refractivity contribution in [1.29, 1.82) is 10.5 Å². The second kappa shape index (κ2) is 8.87. The molecule has 0 aliphatic carbocycles. The van der Waals surface area contributed by atoms with Gasteiger partial charge in [0.15, 0.2) is 0 Å². The van der Waals surface area contributed by atoms with Crippen LogP contribution in [0.15, 0.2) is 42.5 Å². The van der Waals surface area contributed by atoms with Crippen molar-refractivity contribution in [3.8, 4) is 23.3 Å². The molecule has 0 spiro atoms. The molecular weight excluding hydrogens is 364 g/mol. The molecule has 1 amide bonds. The van der Waals surface area contributed by atoms with Crippen LogP contribution in [0, 0.1) is 29.6 Å². The van der Waals surface area contributed by atoms with Crippen molar-refractivity contribution in [3.63, 3.8) is 0 Å². The Kier molecular flexibility index (Phi) is 6.29. The van der Waals surface area contributed by atoms with Gasteiger partial charge in [0.1, 0.15) is 6.04 Å². The van der Waals surface area contributed by atoms with Crippen LogP contribution in [0.1, 0.15) is 29.5 Å². The molecule has 1 atom stereocenters. The summed E-state index contributed by atoms with van der Waals surface area (Å²) in [6, 6.07) is 17.1. The Morgan fingerprint density at radius 3 is 2.41 bits per heavy atom. The van der Waals surface area contributed by atoms with Gasteiger partial charge >= 0.3 is 0 Å². The van der Waals surface area contributed by atoms with Gasteiger partial charge in [-0.1, -0.05) is 30.3 Å². The first-order valence-corrected chi connectivity index (χ1v) is 9.62. The lowest BCUT2D eigenvalue weighted by atomic mass is 9.89. The van der Waals surface area contributed by atoms with Gasteiger partial charge in [0.25, 0.3) is 0 Å². The lowest BCUT2D eigenvalue weighted by Gasteiger charge is -2.32. The first kappa shape index (κ1) is 20.5. The van der Waals surface area contributed by atoms with E-state index in [4.69, 9.17) is 15.7 Å². The Morgan fingerprint density at radius 2 is 1.83 bits per heavy atom. The van der Waals surface area contributed by atoms with Crippen LogP contribution in [0.2, 0.25) is 0 Å². The number of nitrogens with one attached hydrogen (secondary N) is 1. The Hall–Kier alpha value is -3.19. The van der Waals surface area contributed by atoms with E-state index in [1.807, 2.05) is 31.2 Å². The molecule has 148 valence electrons. The summed E-state index contributed by atoms with van der Waals surface area (Å²) in [5.74, 6) is -0.292. The van der Waals surface area contributed by atoms with E-state index in [2.05, 4.69) is 23.5 Å². The van der Waals surface area contributed by atoms with Crippen molar-refractivity contribution in [2.75, 3.05) is 13.2 Å². The van der Waals surface area contributed by atoms with Crippen LogP contribution in [-0.4, -0.2) is 30.7 Å². The third-order valence-electron chi connectivity index (χ3n) is 5.41. The molecule has 3 N–H and O–H groups in total. The number of hydrogen-bond acceptors (Lipinski definition) is 5. The maximum atomic E-state index is 12.6. The number of carbonyl (C=O) groups is 1. The molecule has 0 radical (unpaired) electrons. The molecule has 0 aromatic heterocycles. The predicted molar refractivity (Wildman–Crippen MR) is 110 cm³/mol. The summed E-state index contributed by atoms with van der Waals surface area (Å²) in [4.78, 5) is 12.6. The zero-order valence-electron chi connectivity index (χ0n) is 16.4. The lowest BCUT2D eigenvalue weighted by molar-refractivity contribution is -0.130. The summed E-state index contributed by atoms with van der Waals surface area (Å²) in [6.45, 7) is 2.90. The molecular formula is C23H24N4O2. The van der Waals surface area contributed by atoms with E-state index < -0.39 is 11.6 Å². The standard InChI is InChI=1S/C23H24N4O2/c1-16-12-20(18-4-2-17(14-24)3-5-18)7-6-19(16)13-21(15-25)27-22(28)23(26)8-10-29-11-9-23/h2-7,12,21H,8-11,13,26H2,1H3,(H,27,28)/t21-/m0/s1. The minimum atomic E-state index is -0.970. The van der Waals surface area contributed by atoms with Gasteiger partial charge in [-0.05, 0) is 54.2 Å². The predicted octanol–water partition coefficient (Wildman–Crippen LogP) is 2.59. The number of carbonyl (C=O) groups excluding carboxylic acids is 1. The molecule has 1 saturated heterocycles. The van der Waals surface area contributed by atoms with Crippen molar-refractivity contribution in [1.82, 2.24) is 5.32 Å². The van der Waals surface area contributed by atoms with E-state index in [9.17, 15) is 10.1 Å². The second-order valence-electron chi connectivity index (χ2n) is 7.46. The monoisotopic (exact) mass is 388 g/mol. The maximum Gasteiger partial charge on any atom is 0.241 e. The molecule has 0 saturated carbocycles. The zero-order valence-corrected chi connectivity index (χ0v) is 16.4. The van der Waals surface area contributed by atoms with Crippen molar-refractivity contribution in [2.24, 2.45) is 5.73 Å². The van der Waals surface area contributed by atoms with E-state index in [1.54, 1.807) is 12.1 Å². The average Bonchev–Trinajstić information content (AvgIpc) is 2.75. The Labute approximate surface area is 170 Å². The molecule has 1 heterocycles. The smallest absolute Gasteiger partial charge is 0.241 e. The van der Waals surface area contributed by atoms with Crippen molar-refractivity contribution in [3.05, 3.63) is 59.2 Å². The van der Waals surface area contributed by atoms with E-state index in [0.717, 1.165) is 22.3 Å². The number of aryl methyl sites for hydroxylation is 1. The fourth-order valence-corrected chi connectivity index (χ4v) is 3.46. The average molecular weight is 388 g/mol. The number of nitrogens with two attached hydrogens (primary N) is 1. The van der Waals surface area contributed by atoms with Crippen molar-refractivity contribution >= 4 is 5.91 Å². The van der Waals surface area contributed by atoms with Gasteiger partial charge in [-0.15, -0.1) is 0 Å². The zero-order chi connectivity index (χ0) is 20.9.